The van der Waals surface area contributed by atoms with Crippen LogP contribution in [0.15, 0.2) is 24.4 Å². The lowest BCUT2D eigenvalue weighted by molar-refractivity contribution is -0.126. The summed E-state index contributed by atoms with van der Waals surface area (Å²) in [5.41, 5.74) is 2.19. The van der Waals surface area contributed by atoms with Crippen LogP contribution < -0.4 is 5.32 Å². The Labute approximate surface area is 140 Å². The maximum absolute atomic E-state index is 11.8. The van der Waals surface area contributed by atoms with Gasteiger partial charge in [-0.3, -0.25) is 4.79 Å². The number of hydrogen-bond acceptors (Lipinski definition) is 3. The van der Waals surface area contributed by atoms with Gasteiger partial charge < -0.3 is 19.8 Å². The Balaban J connectivity index is 1.39. The molecule has 1 amide bonds. The number of carbonyl (C=O) groups is 1. The van der Waals surface area contributed by atoms with Gasteiger partial charge in [-0.05, 0) is 43.0 Å². The van der Waals surface area contributed by atoms with Crippen molar-refractivity contribution in [3.05, 3.63) is 35.0 Å². The Morgan fingerprint density at radius 2 is 2.39 bits per heavy atom. The van der Waals surface area contributed by atoms with Crippen LogP contribution in [0, 0.1) is 0 Å². The zero-order valence-corrected chi connectivity index (χ0v) is 13.7. The molecule has 0 spiro atoms. The van der Waals surface area contributed by atoms with Crippen LogP contribution in [-0.2, 0) is 20.7 Å². The van der Waals surface area contributed by atoms with E-state index in [0.717, 1.165) is 42.3 Å². The van der Waals surface area contributed by atoms with Crippen LogP contribution in [0.3, 0.4) is 0 Å². The fraction of sp³-hybridized carbons (Fsp3) is 0.471. The summed E-state index contributed by atoms with van der Waals surface area (Å²) >= 11 is 6.03. The lowest BCUT2D eigenvalue weighted by Gasteiger charge is -2.10. The Bertz CT molecular complexity index is 665. The first-order chi connectivity index (χ1) is 11.2. The summed E-state index contributed by atoms with van der Waals surface area (Å²) in [5, 5.41) is 4.69. The summed E-state index contributed by atoms with van der Waals surface area (Å²) in [6, 6.07) is 5.76. The smallest absolute Gasteiger partial charge is 0.246 e. The van der Waals surface area contributed by atoms with Gasteiger partial charge in [-0.2, -0.15) is 0 Å². The number of fused-ring (bicyclic) bond motifs is 1. The van der Waals surface area contributed by atoms with E-state index in [1.807, 2.05) is 24.4 Å². The summed E-state index contributed by atoms with van der Waals surface area (Å²) in [7, 11) is 0. The van der Waals surface area contributed by atoms with Crippen molar-refractivity contribution in [3.8, 4) is 0 Å². The standard InChI is InChI=1S/C17H21ClN2O3/c18-13-3-4-16-15(8-13)12(9-20-16)5-6-19-17(21)11-22-10-14-2-1-7-23-14/h3-4,8-9,14,20H,1-2,5-7,10-11H2,(H,19,21)/t14-/m1/s1. The van der Waals surface area contributed by atoms with Crippen molar-refractivity contribution >= 4 is 28.4 Å². The molecule has 3 rings (SSSR count). The van der Waals surface area contributed by atoms with Crippen LogP contribution in [0.5, 0.6) is 0 Å². The Morgan fingerprint density at radius 1 is 1.48 bits per heavy atom. The third-order valence-electron chi connectivity index (χ3n) is 4.01. The molecule has 1 atom stereocenters. The van der Waals surface area contributed by atoms with E-state index >= 15 is 0 Å². The molecule has 0 bridgehead atoms. The zero-order valence-electron chi connectivity index (χ0n) is 12.9. The largest absolute Gasteiger partial charge is 0.376 e. The quantitative estimate of drug-likeness (QED) is 0.817. The highest BCUT2D eigenvalue weighted by Crippen LogP contribution is 2.22. The third kappa shape index (κ3) is 4.47. The predicted molar refractivity (Wildman–Crippen MR) is 89.8 cm³/mol. The van der Waals surface area contributed by atoms with Crippen molar-refractivity contribution in [1.29, 1.82) is 0 Å². The molecule has 5 nitrogen and oxygen atoms in total. The third-order valence-corrected chi connectivity index (χ3v) is 4.24. The van der Waals surface area contributed by atoms with Crippen molar-refractivity contribution in [2.45, 2.75) is 25.4 Å². The number of rotatable bonds is 7. The first-order valence-corrected chi connectivity index (χ1v) is 8.32. The lowest BCUT2D eigenvalue weighted by Crippen LogP contribution is -2.30. The molecule has 0 unspecified atom stereocenters. The molecular formula is C17H21ClN2O3. The SMILES string of the molecule is O=C(COC[C@H]1CCCO1)NCCc1c[nH]c2ccc(Cl)cc12. The van der Waals surface area contributed by atoms with Crippen LogP contribution in [0.4, 0.5) is 0 Å². The maximum Gasteiger partial charge on any atom is 0.246 e. The van der Waals surface area contributed by atoms with Gasteiger partial charge in [0.1, 0.15) is 6.61 Å². The van der Waals surface area contributed by atoms with Crippen LogP contribution >= 0.6 is 11.6 Å². The topological polar surface area (TPSA) is 63.4 Å². The molecule has 1 fully saturated rings. The molecule has 6 heteroatoms. The van der Waals surface area contributed by atoms with E-state index < -0.39 is 0 Å². The number of nitrogens with one attached hydrogen (secondary N) is 2. The second kappa shape index (κ2) is 7.81. The zero-order chi connectivity index (χ0) is 16.1. The molecular weight excluding hydrogens is 316 g/mol. The van der Waals surface area contributed by atoms with Crippen LogP contribution in [0.1, 0.15) is 18.4 Å². The van der Waals surface area contributed by atoms with Gasteiger partial charge in [0.25, 0.3) is 0 Å². The molecule has 23 heavy (non-hydrogen) atoms. The van der Waals surface area contributed by atoms with Crippen LogP contribution in [-0.4, -0.2) is 43.4 Å². The average Bonchev–Trinajstić information content (AvgIpc) is 3.17. The van der Waals surface area contributed by atoms with Gasteiger partial charge in [-0.25, -0.2) is 0 Å². The summed E-state index contributed by atoms with van der Waals surface area (Å²) < 4.78 is 10.8. The van der Waals surface area contributed by atoms with E-state index in [-0.39, 0.29) is 18.6 Å². The Kier molecular flexibility index (Phi) is 5.54. The van der Waals surface area contributed by atoms with E-state index in [1.165, 1.54) is 0 Å². The maximum atomic E-state index is 11.8. The number of benzene rings is 1. The molecule has 2 aromatic rings. The number of aromatic nitrogens is 1. The molecule has 124 valence electrons. The number of carbonyl (C=O) groups excluding carboxylic acids is 1. The summed E-state index contributed by atoms with van der Waals surface area (Å²) in [5.74, 6) is -0.0964. The minimum absolute atomic E-state index is 0.0829. The predicted octanol–water partition coefficient (Wildman–Crippen LogP) is 2.68. The van der Waals surface area contributed by atoms with Gasteiger partial charge in [0, 0.05) is 35.3 Å². The van der Waals surface area contributed by atoms with Crippen molar-refractivity contribution in [1.82, 2.24) is 10.3 Å². The fourth-order valence-electron chi connectivity index (χ4n) is 2.80. The highest BCUT2D eigenvalue weighted by atomic mass is 35.5. The van der Waals surface area contributed by atoms with Crippen molar-refractivity contribution < 1.29 is 14.3 Å². The van der Waals surface area contributed by atoms with Crippen LogP contribution in [0.25, 0.3) is 10.9 Å². The molecule has 0 aliphatic carbocycles. The van der Waals surface area contributed by atoms with Gasteiger partial charge in [0.2, 0.25) is 5.91 Å². The normalized spacial score (nSPS) is 17.7. The number of amides is 1. The van der Waals surface area contributed by atoms with E-state index in [0.29, 0.717) is 18.2 Å². The number of H-pyrrole nitrogens is 1. The summed E-state index contributed by atoms with van der Waals surface area (Å²) in [6.07, 6.45) is 4.96. The molecule has 2 N–H and O–H groups in total. The van der Waals surface area contributed by atoms with Crippen LogP contribution in [0.2, 0.25) is 5.02 Å². The first-order valence-electron chi connectivity index (χ1n) is 7.94. The second-order valence-electron chi connectivity index (χ2n) is 5.75. The van der Waals surface area contributed by atoms with Gasteiger partial charge in [0.05, 0.1) is 12.7 Å². The Morgan fingerprint density at radius 3 is 3.22 bits per heavy atom. The number of ether oxygens (including phenoxy) is 2. The van der Waals surface area contributed by atoms with Gasteiger partial charge in [0.15, 0.2) is 0 Å². The number of halogens is 1. The van der Waals surface area contributed by atoms with E-state index in [2.05, 4.69) is 10.3 Å². The molecule has 1 aromatic heterocycles. The highest BCUT2D eigenvalue weighted by molar-refractivity contribution is 6.31. The first kappa shape index (κ1) is 16.3. The van der Waals surface area contributed by atoms with Gasteiger partial charge >= 0.3 is 0 Å². The average molecular weight is 337 g/mol. The minimum Gasteiger partial charge on any atom is -0.376 e. The van der Waals surface area contributed by atoms with Crippen molar-refractivity contribution in [3.63, 3.8) is 0 Å². The summed E-state index contributed by atoms with van der Waals surface area (Å²) in [4.78, 5) is 15.0. The second-order valence-corrected chi connectivity index (χ2v) is 6.19. The molecule has 2 heterocycles. The molecule has 1 aliphatic heterocycles. The van der Waals surface area contributed by atoms with Gasteiger partial charge in [-0.1, -0.05) is 11.6 Å². The van der Waals surface area contributed by atoms with E-state index in [9.17, 15) is 4.79 Å². The van der Waals surface area contributed by atoms with Gasteiger partial charge in [-0.15, -0.1) is 0 Å². The monoisotopic (exact) mass is 336 g/mol. The Hall–Kier alpha value is -1.56. The summed E-state index contributed by atoms with van der Waals surface area (Å²) in [6.45, 7) is 1.95. The molecule has 1 aliphatic rings. The lowest BCUT2D eigenvalue weighted by atomic mass is 10.1. The van der Waals surface area contributed by atoms with Crippen molar-refractivity contribution in [2.75, 3.05) is 26.4 Å². The highest BCUT2D eigenvalue weighted by Gasteiger charge is 2.15. The van der Waals surface area contributed by atoms with E-state index in [4.69, 9.17) is 21.1 Å². The molecule has 1 saturated heterocycles. The molecule has 0 saturated carbocycles. The fourth-order valence-corrected chi connectivity index (χ4v) is 2.98. The number of aromatic amines is 1. The number of hydrogen-bond donors (Lipinski definition) is 2. The molecule has 0 radical (unpaired) electrons. The van der Waals surface area contributed by atoms with Crippen molar-refractivity contribution in [2.24, 2.45) is 0 Å². The minimum atomic E-state index is -0.0964. The molecule has 1 aromatic carbocycles. The van der Waals surface area contributed by atoms with E-state index in [1.54, 1.807) is 0 Å².